The highest BCUT2D eigenvalue weighted by atomic mass is 16.6. The van der Waals surface area contributed by atoms with Crippen molar-refractivity contribution in [3.8, 4) is 0 Å². The number of furan rings is 1. The van der Waals surface area contributed by atoms with E-state index in [4.69, 9.17) is 18.7 Å². The molecule has 2 heterocycles. The maximum absolute atomic E-state index is 13.8. The zero-order valence-corrected chi connectivity index (χ0v) is 23.1. The van der Waals surface area contributed by atoms with Crippen LogP contribution in [0.5, 0.6) is 0 Å². The van der Waals surface area contributed by atoms with Crippen molar-refractivity contribution >= 4 is 18.1 Å². The van der Waals surface area contributed by atoms with Gasteiger partial charge in [-0.1, -0.05) is 54.0 Å². The summed E-state index contributed by atoms with van der Waals surface area (Å²) in [6, 6.07) is 17.7. The Balaban J connectivity index is 1.39. The molecule has 4 rings (SSSR count). The molecule has 0 unspecified atom stereocenters. The summed E-state index contributed by atoms with van der Waals surface area (Å²) in [6.07, 6.45) is 3.57. The summed E-state index contributed by atoms with van der Waals surface area (Å²) in [5.41, 5.74) is 3.30. The van der Waals surface area contributed by atoms with Gasteiger partial charge in [-0.15, -0.1) is 0 Å². The average Bonchev–Trinajstić information content (AvgIpc) is 3.49. The molecule has 9 heteroatoms. The van der Waals surface area contributed by atoms with Crippen molar-refractivity contribution in [3.05, 3.63) is 94.9 Å². The molecule has 1 aliphatic rings. The molecule has 2 aromatic carbocycles. The number of aryl methyl sites for hydroxylation is 1. The third-order valence-electron chi connectivity index (χ3n) is 7.03. The molecule has 0 aliphatic carbocycles. The molecule has 1 amide bonds. The standard InChI is InChI=1S/C31H36N2O7/c1-21-6-11-24(12-7-21)29-22(2)8-15-28(31(36)37-3)33(29)30(35)25-13-9-23(10-14-25)17-32-40-19-26(34)18-38-20-27-5-4-16-39-27/h4-7,9-14,16-17,22,26,28-29,34H,8,15,18-20H2,1-3H3/t22-,26-,28-,29-/m0/s1. The van der Waals surface area contributed by atoms with Crippen LogP contribution in [0, 0.1) is 12.8 Å². The Morgan fingerprint density at radius 1 is 1.10 bits per heavy atom. The second kappa shape index (κ2) is 13.9. The number of amides is 1. The number of carbonyl (C=O) groups excluding carboxylic acids is 2. The Morgan fingerprint density at radius 2 is 1.85 bits per heavy atom. The van der Waals surface area contributed by atoms with Crippen molar-refractivity contribution in [2.24, 2.45) is 11.1 Å². The minimum atomic E-state index is -0.844. The van der Waals surface area contributed by atoms with E-state index >= 15 is 0 Å². The molecular formula is C31H36N2O7. The number of carbonyl (C=O) groups is 2. The number of piperidine rings is 1. The fourth-order valence-electron chi connectivity index (χ4n) is 4.90. The summed E-state index contributed by atoms with van der Waals surface area (Å²) in [4.78, 5) is 33.5. The second-order valence-corrected chi connectivity index (χ2v) is 10.1. The average molecular weight is 549 g/mol. The highest BCUT2D eigenvalue weighted by Crippen LogP contribution is 2.40. The number of benzene rings is 2. The van der Waals surface area contributed by atoms with Gasteiger partial charge in [0.2, 0.25) is 0 Å². The molecule has 0 radical (unpaired) electrons. The van der Waals surface area contributed by atoms with E-state index in [0.717, 1.165) is 17.5 Å². The Morgan fingerprint density at radius 3 is 2.52 bits per heavy atom. The van der Waals surface area contributed by atoms with Gasteiger partial charge in [0.25, 0.3) is 5.91 Å². The van der Waals surface area contributed by atoms with E-state index in [1.165, 1.54) is 13.3 Å². The Hall–Kier alpha value is -3.95. The van der Waals surface area contributed by atoms with E-state index in [1.54, 1.807) is 47.6 Å². The van der Waals surface area contributed by atoms with Crippen LogP contribution in [0.3, 0.4) is 0 Å². The number of esters is 1. The SMILES string of the molecule is COC(=O)[C@@H]1CC[C@H](C)[C@@H](c2ccc(C)cc2)N1C(=O)c1ccc(C=NOC[C@@H](O)COCc2ccco2)cc1. The second-order valence-electron chi connectivity index (χ2n) is 10.1. The van der Waals surface area contributed by atoms with Gasteiger partial charge in [0.15, 0.2) is 0 Å². The van der Waals surface area contributed by atoms with Gasteiger partial charge in [0.1, 0.15) is 31.1 Å². The number of nitrogens with zero attached hydrogens (tertiary/aromatic N) is 2. The molecule has 1 aromatic heterocycles. The lowest BCUT2D eigenvalue weighted by Gasteiger charge is -2.44. The number of hydrogen-bond acceptors (Lipinski definition) is 8. The number of likely N-dealkylation sites (tertiary alicyclic amines) is 1. The monoisotopic (exact) mass is 548 g/mol. The van der Waals surface area contributed by atoms with Crippen molar-refractivity contribution in [2.75, 3.05) is 20.3 Å². The molecule has 1 aliphatic heterocycles. The number of rotatable bonds is 11. The molecule has 4 atom stereocenters. The highest BCUT2D eigenvalue weighted by Gasteiger charge is 2.43. The van der Waals surface area contributed by atoms with E-state index in [0.29, 0.717) is 23.3 Å². The van der Waals surface area contributed by atoms with Gasteiger partial charge < -0.3 is 28.7 Å². The molecule has 1 saturated heterocycles. The molecule has 9 nitrogen and oxygen atoms in total. The summed E-state index contributed by atoms with van der Waals surface area (Å²) in [5.74, 6) is 0.202. The third-order valence-corrected chi connectivity index (χ3v) is 7.03. The van der Waals surface area contributed by atoms with Gasteiger partial charge in [-0.05, 0) is 61.1 Å². The number of methoxy groups -OCH3 is 1. The van der Waals surface area contributed by atoms with Crippen LogP contribution in [0.2, 0.25) is 0 Å². The molecule has 1 fully saturated rings. The lowest BCUT2D eigenvalue weighted by Crippen LogP contribution is -2.52. The van der Waals surface area contributed by atoms with Gasteiger partial charge in [-0.2, -0.15) is 0 Å². The number of hydrogen-bond donors (Lipinski definition) is 1. The lowest BCUT2D eigenvalue weighted by atomic mass is 9.82. The van der Waals surface area contributed by atoms with Gasteiger partial charge in [0, 0.05) is 5.56 Å². The molecule has 212 valence electrons. The first kappa shape index (κ1) is 29.0. The zero-order chi connectivity index (χ0) is 28.5. The molecule has 0 bridgehead atoms. The first-order valence-corrected chi connectivity index (χ1v) is 13.4. The van der Waals surface area contributed by atoms with Crippen molar-refractivity contribution in [2.45, 2.75) is 51.5 Å². The highest BCUT2D eigenvalue weighted by molar-refractivity contribution is 5.98. The largest absolute Gasteiger partial charge is 0.467 e. The topological polar surface area (TPSA) is 111 Å². The number of aliphatic hydroxyl groups is 1. The maximum atomic E-state index is 13.8. The van der Waals surface area contributed by atoms with Crippen LogP contribution < -0.4 is 0 Å². The van der Waals surface area contributed by atoms with Crippen molar-refractivity contribution in [1.29, 1.82) is 0 Å². The Bertz CT molecular complexity index is 1260. The summed E-state index contributed by atoms with van der Waals surface area (Å²) in [6.45, 7) is 4.44. The van der Waals surface area contributed by atoms with Crippen LogP contribution >= 0.6 is 0 Å². The summed E-state index contributed by atoms with van der Waals surface area (Å²) in [7, 11) is 1.35. The molecule has 0 saturated carbocycles. The first-order chi connectivity index (χ1) is 19.4. The molecule has 1 N–H and O–H groups in total. The smallest absolute Gasteiger partial charge is 0.328 e. The zero-order valence-electron chi connectivity index (χ0n) is 23.1. The lowest BCUT2D eigenvalue weighted by molar-refractivity contribution is -0.149. The van der Waals surface area contributed by atoms with Gasteiger partial charge in [0.05, 0.1) is 32.2 Å². The van der Waals surface area contributed by atoms with E-state index in [-0.39, 0.29) is 37.7 Å². The number of aliphatic hydroxyl groups excluding tert-OH is 1. The minimum Gasteiger partial charge on any atom is -0.467 e. The van der Waals surface area contributed by atoms with E-state index in [1.807, 2.05) is 31.2 Å². The third kappa shape index (κ3) is 7.37. The fourth-order valence-corrected chi connectivity index (χ4v) is 4.90. The van der Waals surface area contributed by atoms with Gasteiger partial charge in [-0.25, -0.2) is 4.79 Å². The van der Waals surface area contributed by atoms with E-state index in [9.17, 15) is 14.7 Å². The van der Waals surface area contributed by atoms with E-state index < -0.39 is 18.1 Å². The van der Waals surface area contributed by atoms with Crippen molar-refractivity contribution < 1.29 is 33.4 Å². The summed E-state index contributed by atoms with van der Waals surface area (Å²) < 4.78 is 15.6. The van der Waals surface area contributed by atoms with Gasteiger partial charge >= 0.3 is 5.97 Å². The fraction of sp³-hybridized carbons (Fsp3) is 0.387. The molecule has 0 spiro atoms. The number of ether oxygens (including phenoxy) is 2. The molecule has 40 heavy (non-hydrogen) atoms. The maximum Gasteiger partial charge on any atom is 0.328 e. The van der Waals surface area contributed by atoms with Crippen LogP contribution in [0.1, 0.15) is 58.6 Å². The Labute approximate surface area is 234 Å². The minimum absolute atomic E-state index is 0.0340. The first-order valence-electron chi connectivity index (χ1n) is 13.4. The summed E-state index contributed by atoms with van der Waals surface area (Å²) >= 11 is 0. The quantitative estimate of drug-likeness (QED) is 0.211. The van der Waals surface area contributed by atoms with Crippen LogP contribution in [0.4, 0.5) is 0 Å². The summed E-state index contributed by atoms with van der Waals surface area (Å²) in [5, 5.41) is 13.9. The predicted molar refractivity (Wildman–Crippen MR) is 149 cm³/mol. The van der Waals surface area contributed by atoms with Crippen molar-refractivity contribution in [3.63, 3.8) is 0 Å². The van der Waals surface area contributed by atoms with E-state index in [2.05, 4.69) is 12.1 Å². The molecule has 3 aromatic rings. The van der Waals surface area contributed by atoms with Crippen LogP contribution in [-0.2, 0) is 25.7 Å². The Kier molecular flexibility index (Phi) is 10.1. The normalized spacial score (nSPS) is 19.9. The van der Waals surface area contributed by atoms with Gasteiger partial charge in [-0.3, -0.25) is 4.79 Å². The number of oxime groups is 1. The molecular weight excluding hydrogens is 512 g/mol. The van der Waals surface area contributed by atoms with Crippen molar-refractivity contribution in [1.82, 2.24) is 4.90 Å². The van der Waals surface area contributed by atoms with Crippen LogP contribution in [-0.4, -0.2) is 60.6 Å². The van der Waals surface area contributed by atoms with Crippen LogP contribution in [0.25, 0.3) is 0 Å². The van der Waals surface area contributed by atoms with Crippen LogP contribution in [0.15, 0.2) is 76.5 Å². The predicted octanol–water partition coefficient (Wildman–Crippen LogP) is 4.67.